The van der Waals surface area contributed by atoms with Crippen molar-refractivity contribution in [2.45, 2.75) is 0 Å². The van der Waals surface area contributed by atoms with Crippen molar-refractivity contribution in [3.8, 4) is 0 Å². The largest absolute Gasteiger partial charge is 0.477 e. The first-order valence-electron chi connectivity index (χ1n) is 3.25. The Morgan fingerprint density at radius 2 is 2.29 bits per heavy atom. The number of hydrogen-bond acceptors (Lipinski definition) is 7. The number of amides is 1. The molecule has 0 saturated carbocycles. The number of nitrogens with one attached hydrogen (secondary N) is 1. The number of aromatic nitrogens is 2. The Balaban J connectivity index is 2.60. The summed E-state index contributed by atoms with van der Waals surface area (Å²) in [5.41, 5.74) is 6.78. The highest BCUT2D eigenvalue weighted by Crippen LogP contribution is 2.02. The summed E-state index contributed by atoms with van der Waals surface area (Å²) in [7, 11) is 0. The molecule has 0 radical (unpaired) electrons. The van der Waals surface area contributed by atoms with Crippen molar-refractivity contribution in [2.75, 3.05) is 5.73 Å². The number of nitrogens with two attached hydrogens (primary N) is 1. The summed E-state index contributed by atoms with van der Waals surface area (Å²) in [6, 6.07) is 0. The van der Waals surface area contributed by atoms with E-state index in [0.717, 1.165) is 0 Å². The van der Waals surface area contributed by atoms with Crippen LogP contribution in [-0.2, 0) is 4.79 Å². The second-order valence-corrected chi connectivity index (χ2v) is 2.04. The lowest BCUT2D eigenvalue weighted by atomic mass is 10.4. The Labute approximate surface area is 76.5 Å². The van der Waals surface area contributed by atoms with Crippen LogP contribution in [0.25, 0.3) is 0 Å². The van der Waals surface area contributed by atoms with Crippen LogP contribution in [0.1, 0.15) is 10.5 Å². The highest BCUT2D eigenvalue weighted by atomic mass is 16.6. The van der Waals surface area contributed by atoms with Crippen LogP contribution in [0.15, 0.2) is 9.73 Å². The molecule has 0 atom stereocenters. The van der Waals surface area contributed by atoms with E-state index < -0.39 is 11.9 Å². The molecule has 0 aliphatic heterocycles. The minimum atomic E-state index is -1.29. The van der Waals surface area contributed by atoms with E-state index in [0.29, 0.717) is 6.21 Å². The molecular weight excluding hydrogens is 194 g/mol. The van der Waals surface area contributed by atoms with E-state index in [4.69, 9.17) is 10.8 Å². The van der Waals surface area contributed by atoms with Crippen molar-refractivity contribution in [2.24, 2.45) is 5.10 Å². The van der Waals surface area contributed by atoms with Gasteiger partial charge in [-0.05, 0) is 10.3 Å². The van der Waals surface area contributed by atoms with Crippen LogP contribution in [0.4, 0.5) is 5.82 Å². The third-order valence-electron chi connectivity index (χ3n) is 1.07. The third kappa shape index (κ3) is 2.27. The average Bonchev–Trinajstić information content (AvgIpc) is 2.50. The maximum atomic E-state index is 11.0. The van der Waals surface area contributed by atoms with Gasteiger partial charge in [-0.2, -0.15) is 5.10 Å². The number of nitrogen functional groups attached to an aromatic ring is 1. The maximum absolute atomic E-state index is 11.0. The molecule has 1 aromatic rings. The third-order valence-corrected chi connectivity index (χ3v) is 1.07. The topological polar surface area (TPSA) is 144 Å². The number of hydrazone groups is 1. The summed E-state index contributed by atoms with van der Waals surface area (Å²) in [5.74, 6) is -2.30. The van der Waals surface area contributed by atoms with Gasteiger partial charge in [0, 0.05) is 0 Å². The van der Waals surface area contributed by atoms with Crippen molar-refractivity contribution in [1.29, 1.82) is 0 Å². The number of hydrogen-bond donors (Lipinski definition) is 3. The van der Waals surface area contributed by atoms with E-state index in [-0.39, 0.29) is 11.5 Å². The highest BCUT2D eigenvalue weighted by molar-refractivity contribution is 6.22. The number of carboxylic acid groups (broad SMARTS) is 1. The molecular formula is C5H5N5O4. The zero-order valence-electron chi connectivity index (χ0n) is 6.67. The van der Waals surface area contributed by atoms with Gasteiger partial charge >= 0.3 is 5.97 Å². The molecule has 14 heavy (non-hydrogen) atoms. The molecule has 4 N–H and O–H groups in total. The maximum Gasteiger partial charge on any atom is 0.348 e. The van der Waals surface area contributed by atoms with Gasteiger partial charge in [0.2, 0.25) is 11.5 Å². The van der Waals surface area contributed by atoms with E-state index >= 15 is 0 Å². The van der Waals surface area contributed by atoms with Gasteiger partial charge in [-0.1, -0.05) is 0 Å². The molecule has 1 aromatic heterocycles. The predicted octanol–water partition coefficient (Wildman–Crippen LogP) is -1.55. The van der Waals surface area contributed by atoms with E-state index in [1.165, 1.54) is 0 Å². The molecule has 1 heterocycles. The second kappa shape index (κ2) is 3.98. The van der Waals surface area contributed by atoms with Crippen molar-refractivity contribution >= 4 is 23.9 Å². The summed E-state index contributed by atoms with van der Waals surface area (Å²) in [6.45, 7) is 0. The molecule has 0 bridgehead atoms. The van der Waals surface area contributed by atoms with Crippen LogP contribution in [0.2, 0.25) is 0 Å². The Morgan fingerprint density at radius 1 is 1.57 bits per heavy atom. The normalized spacial score (nSPS) is 10.3. The molecule has 0 aliphatic rings. The molecule has 9 nitrogen and oxygen atoms in total. The molecule has 0 fully saturated rings. The number of aliphatic carboxylic acids is 1. The molecule has 0 aromatic carbocycles. The average molecular weight is 199 g/mol. The van der Waals surface area contributed by atoms with E-state index in [1.807, 2.05) is 5.43 Å². The van der Waals surface area contributed by atoms with Gasteiger partial charge in [-0.25, -0.2) is 14.8 Å². The van der Waals surface area contributed by atoms with Crippen LogP contribution >= 0.6 is 0 Å². The lowest BCUT2D eigenvalue weighted by Gasteiger charge is -1.92. The summed E-state index contributed by atoms with van der Waals surface area (Å²) in [5, 5.41) is 17.5. The van der Waals surface area contributed by atoms with Crippen molar-refractivity contribution < 1.29 is 19.3 Å². The molecule has 9 heteroatoms. The fourth-order valence-corrected chi connectivity index (χ4v) is 0.552. The number of carboxylic acids is 1. The van der Waals surface area contributed by atoms with E-state index in [9.17, 15) is 9.59 Å². The number of rotatable bonds is 3. The molecule has 1 amide bonds. The summed E-state index contributed by atoms with van der Waals surface area (Å²) >= 11 is 0. The summed E-state index contributed by atoms with van der Waals surface area (Å²) in [4.78, 5) is 21.0. The van der Waals surface area contributed by atoms with Gasteiger partial charge in [0.15, 0.2) is 0 Å². The van der Waals surface area contributed by atoms with Gasteiger partial charge in [0.1, 0.15) is 6.21 Å². The fraction of sp³-hybridized carbons (Fsp3) is 0. The Kier molecular flexibility index (Phi) is 2.74. The van der Waals surface area contributed by atoms with Crippen molar-refractivity contribution in [1.82, 2.24) is 15.7 Å². The van der Waals surface area contributed by atoms with Crippen LogP contribution in [0, 0.1) is 0 Å². The quantitative estimate of drug-likeness (QED) is 0.394. The summed E-state index contributed by atoms with van der Waals surface area (Å²) < 4.78 is 4.14. The lowest BCUT2D eigenvalue weighted by Crippen LogP contribution is -2.20. The molecule has 0 saturated heterocycles. The van der Waals surface area contributed by atoms with Crippen LogP contribution in [-0.4, -0.2) is 33.5 Å². The molecule has 74 valence electrons. The van der Waals surface area contributed by atoms with Gasteiger partial charge in [0.05, 0.1) is 0 Å². The summed E-state index contributed by atoms with van der Waals surface area (Å²) in [6.07, 6.45) is 0.502. The standard InChI is InChI=1S/C5H5N5O4/c6-4-3(9-14-10-4)5(13)8-7-1-2(11)12/h1H,(H2,6,10)(H,8,13)(H,11,12)/b7-1+. The number of carbonyl (C=O) groups excluding carboxylic acids is 1. The second-order valence-electron chi connectivity index (χ2n) is 2.04. The van der Waals surface area contributed by atoms with Crippen LogP contribution in [0.3, 0.4) is 0 Å². The van der Waals surface area contributed by atoms with Gasteiger partial charge in [0.25, 0.3) is 5.91 Å². The van der Waals surface area contributed by atoms with Crippen molar-refractivity contribution in [3.05, 3.63) is 5.69 Å². The van der Waals surface area contributed by atoms with Gasteiger partial charge in [-0.3, -0.25) is 4.79 Å². The molecule has 0 spiro atoms. The smallest absolute Gasteiger partial charge is 0.348 e. The van der Waals surface area contributed by atoms with E-state index in [1.54, 1.807) is 0 Å². The first kappa shape index (κ1) is 9.64. The van der Waals surface area contributed by atoms with Gasteiger partial charge < -0.3 is 10.8 Å². The van der Waals surface area contributed by atoms with Crippen LogP contribution in [0.5, 0.6) is 0 Å². The monoisotopic (exact) mass is 199 g/mol. The first-order valence-corrected chi connectivity index (χ1v) is 3.25. The zero-order chi connectivity index (χ0) is 10.6. The Bertz CT molecular complexity index is 383. The zero-order valence-corrected chi connectivity index (χ0v) is 6.67. The Morgan fingerprint density at radius 3 is 2.79 bits per heavy atom. The number of carbonyl (C=O) groups is 2. The number of anilines is 1. The minimum absolute atomic E-state index is 0.201. The molecule has 1 rings (SSSR count). The lowest BCUT2D eigenvalue weighted by molar-refractivity contribution is -0.128. The predicted molar refractivity (Wildman–Crippen MR) is 42.3 cm³/mol. The highest BCUT2D eigenvalue weighted by Gasteiger charge is 2.14. The van der Waals surface area contributed by atoms with Gasteiger partial charge in [-0.15, -0.1) is 0 Å². The Hall–Kier alpha value is -2.45. The SMILES string of the molecule is Nc1nonc1C(=O)N/N=C/C(=O)O. The molecule has 0 unspecified atom stereocenters. The van der Waals surface area contributed by atoms with E-state index in [2.05, 4.69) is 20.0 Å². The number of nitrogens with zero attached hydrogens (tertiary/aromatic N) is 3. The minimum Gasteiger partial charge on any atom is -0.477 e. The first-order chi connectivity index (χ1) is 6.61. The van der Waals surface area contributed by atoms with Crippen LogP contribution < -0.4 is 11.2 Å². The van der Waals surface area contributed by atoms with Crippen molar-refractivity contribution in [3.63, 3.8) is 0 Å². The fourth-order valence-electron chi connectivity index (χ4n) is 0.552. The molecule has 0 aliphatic carbocycles.